The number of amides is 4. The Morgan fingerprint density at radius 1 is 1.14 bits per heavy atom. The van der Waals surface area contributed by atoms with E-state index in [-0.39, 0.29) is 30.5 Å². The first-order valence-electron chi connectivity index (χ1n) is 9.08. The van der Waals surface area contributed by atoms with E-state index in [9.17, 15) is 19.2 Å². The summed E-state index contributed by atoms with van der Waals surface area (Å²) in [5.74, 6) is -0.995. The minimum absolute atomic E-state index is 0.0860. The molecule has 4 N–H and O–H groups in total. The van der Waals surface area contributed by atoms with E-state index in [1.165, 1.54) is 0 Å². The number of nitrogens with two attached hydrogens (primary N) is 1. The predicted octanol–water partition coefficient (Wildman–Crippen LogP) is -0.0514. The molecule has 4 amide bonds. The van der Waals surface area contributed by atoms with Crippen LogP contribution in [0.5, 0.6) is 0 Å². The molecular formula is C19H18N6O4. The van der Waals surface area contributed by atoms with Gasteiger partial charge in [0.05, 0.1) is 17.7 Å². The lowest BCUT2D eigenvalue weighted by molar-refractivity contribution is -0.136. The van der Waals surface area contributed by atoms with Gasteiger partial charge in [0, 0.05) is 19.2 Å². The monoisotopic (exact) mass is 394 g/mol. The van der Waals surface area contributed by atoms with Crippen LogP contribution in [0.3, 0.4) is 0 Å². The number of aromatic nitrogens is 2. The molecule has 1 saturated heterocycles. The maximum Gasteiger partial charge on any atom is 0.262 e. The van der Waals surface area contributed by atoms with Crippen molar-refractivity contribution >= 4 is 29.4 Å². The van der Waals surface area contributed by atoms with Crippen LogP contribution in [0.2, 0.25) is 0 Å². The standard InChI is InChI=1S/C19H18N6O4/c20-8-15-21-6-5-14(23-15)22-9-10-1-2-11-12(7-10)19(29)25(18(11)28)13-3-4-16(26)24-17(13)27/h1-2,5-7,13H,3-4,8-9,20H2,(H,21,22,23)(H,24,26,27). The summed E-state index contributed by atoms with van der Waals surface area (Å²) in [6.45, 7) is 0.593. The van der Waals surface area contributed by atoms with Crippen molar-refractivity contribution in [3.05, 3.63) is 53.0 Å². The molecule has 1 aromatic carbocycles. The molecule has 29 heavy (non-hydrogen) atoms. The highest BCUT2D eigenvalue weighted by atomic mass is 16.2. The van der Waals surface area contributed by atoms with Crippen LogP contribution < -0.4 is 16.4 Å². The van der Waals surface area contributed by atoms with Crippen LogP contribution in [-0.2, 0) is 22.7 Å². The third kappa shape index (κ3) is 3.45. The Labute approximate surface area is 165 Å². The van der Waals surface area contributed by atoms with Gasteiger partial charge in [-0.15, -0.1) is 0 Å². The summed E-state index contributed by atoms with van der Waals surface area (Å²) in [5, 5.41) is 5.30. The Balaban J connectivity index is 1.52. The van der Waals surface area contributed by atoms with Gasteiger partial charge < -0.3 is 11.1 Å². The van der Waals surface area contributed by atoms with Gasteiger partial charge in [-0.3, -0.25) is 29.4 Å². The van der Waals surface area contributed by atoms with Gasteiger partial charge in [-0.05, 0) is 30.2 Å². The highest BCUT2D eigenvalue weighted by Gasteiger charge is 2.44. The molecule has 2 aliphatic rings. The maximum atomic E-state index is 12.8. The van der Waals surface area contributed by atoms with Crippen molar-refractivity contribution in [2.45, 2.75) is 32.0 Å². The predicted molar refractivity (Wildman–Crippen MR) is 100 cm³/mol. The summed E-state index contributed by atoms with van der Waals surface area (Å²) in [4.78, 5) is 58.2. The fraction of sp³-hybridized carbons (Fsp3) is 0.263. The molecule has 10 nitrogen and oxygen atoms in total. The number of fused-ring (bicyclic) bond motifs is 1. The molecule has 0 bridgehead atoms. The van der Waals surface area contributed by atoms with Gasteiger partial charge in [0.15, 0.2) is 0 Å². The van der Waals surface area contributed by atoms with E-state index in [1.807, 2.05) is 0 Å². The van der Waals surface area contributed by atoms with Crippen LogP contribution in [0.15, 0.2) is 30.5 Å². The topological polar surface area (TPSA) is 147 Å². The highest BCUT2D eigenvalue weighted by molar-refractivity contribution is 6.23. The number of imide groups is 2. The van der Waals surface area contributed by atoms with Crippen molar-refractivity contribution in [2.75, 3.05) is 5.32 Å². The van der Waals surface area contributed by atoms with Gasteiger partial charge in [0.25, 0.3) is 11.8 Å². The molecule has 2 aromatic rings. The normalized spacial score (nSPS) is 18.7. The third-order valence-corrected chi connectivity index (χ3v) is 4.87. The van der Waals surface area contributed by atoms with Crippen molar-refractivity contribution in [2.24, 2.45) is 5.73 Å². The SMILES string of the molecule is NCc1nccc(NCc2ccc3c(c2)C(=O)N(C2CCC(=O)NC2=O)C3=O)n1. The van der Waals surface area contributed by atoms with E-state index < -0.39 is 29.7 Å². The molecule has 10 heteroatoms. The fourth-order valence-corrected chi connectivity index (χ4v) is 3.42. The Bertz CT molecular complexity index is 1040. The van der Waals surface area contributed by atoms with Crippen molar-refractivity contribution in [1.82, 2.24) is 20.2 Å². The largest absolute Gasteiger partial charge is 0.366 e. The van der Waals surface area contributed by atoms with Gasteiger partial charge in [-0.1, -0.05) is 6.07 Å². The Morgan fingerprint density at radius 2 is 1.93 bits per heavy atom. The van der Waals surface area contributed by atoms with Gasteiger partial charge in [0.2, 0.25) is 11.8 Å². The van der Waals surface area contributed by atoms with Gasteiger partial charge in [0.1, 0.15) is 17.7 Å². The second-order valence-electron chi connectivity index (χ2n) is 6.74. The molecule has 1 unspecified atom stereocenters. The molecule has 1 aromatic heterocycles. The van der Waals surface area contributed by atoms with E-state index >= 15 is 0 Å². The van der Waals surface area contributed by atoms with Crippen molar-refractivity contribution < 1.29 is 19.2 Å². The number of benzene rings is 1. The maximum absolute atomic E-state index is 12.8. The highest BCUT2D eigenvalue weighted by Crippen LogP contribution is 2.28. The zero-order valence-electron chi connectivity index (χ0n) is 15.3. The van der Waals surface area contributed by atoms with Gasteiger partial charge in [-0.2, -0.15) is 0 Å². The van der Waals surface area contributed by atoms with Gasteiger partial charge in [-0.25, -0.2) is 9.97 Å². The average Bonchev–Trinajstić information content (AvgIpc) is 2.97. The molecule has 148 valence electrons. The second-order valence-corrected chi connectivity index (χ2v) is 6.74. The van der Waals surface area contributed by atoms with E-state index in [0.29, 0.717) is 18.2 Å². The number of carbonyl (C=O) groups is 4. The van der Waals surface area contributed by atoms with Crippen LogP contribution in [0.4, 0.5) is 5.82 Å². The average molecular weight is 394 g/mol. The lowest BCUT2D eigenvalue weighted by Gasteiger charge is -2.27. The van der Waals surface area contributed by atoms with Crippen LogP contribution in [0.1, 0.15) is 44.9 Å². The lowest BCUT2D eigenvalue weighted by Crippen LogP contribution is -2.54. The van der Waals surface area contributed by atoms with Gasteiger partial charge >= 0.3 is 0 Å². The molecule has 2 aliphatic heterocycles. The summed E-state index contributed by atoms with van der Waals surface area (Å²) in [7, 11) is 0. The zero-order valence-corrected chi connectivity index (χ0v) is 15.3. The molecular weight excluding hydrogens is 376 g/mol. The fourth-order valence-electron chi connectivity index (χ4n) is 3.42. The second kappa shape index (κ2) is 7.40. The number of rotatable bonds is 5. The number of anilines is 1. The van der Waals surface area contributed by atoms with E-state index in [4.69, 9.17) is 5.73 Å². The van der Waals surface area contributed by atoms with Crippen LogP contribution in [0.25, 0.3) is 0 Å². The number of nitrogens with zero attached hydrogens (tertiary/aromatic N) is 3. The molecule has 0 saturated carbocycles. The van der Waals surface area contributed by atoms with Crippen molar-refractivity contribution in [3.63, 3.8) is 0 Å². The molecule has 0 spiro atoms. The lowest BCUT2D eigenvalue weighted by atomic mass is 10.0. The molecule has 0 aliphatic carbocycles. The van der Waals surface area contributed by atoms with Crippen LogP contribution in [0, 0.1) is 0 Å². The Kier molecular flexibility index (Phi) is 4.77. The quantitative estimate of drug-likeness (QED) is 0.598. The Hall–Kier alpha value is -3.66. The molecule has 1 fully saturated rings. The van der Waals surface area contributed by atoms with E-state index in [2.05, 4.69) is 20.6 Å². The minimum atomic E-state index is -0.975. The third-order valence-electron chi connectivity index (χ3n) is 4.87. The van der Waals surface area contributed by atoms with Crippen molar-refractivity contribution in [3.8, 4) is 0 Å². The van der Waals surface area contributed by atoms with E-state index in [1.54, 1.807) is 30.5 Å². The first-order valence-corrected chi connectivity index (χ1v) is 9.08. The summed E-state index contributed by atoms with van der Waals surface area (Å²) >= 11 is 0. The number of hydrogen-bond donors (Lipinski definition) is 3. The number of carbonyl (C=O) groups excluding carboxylic acids is 4. The number of piperidine rings is 1. The molecule has 0 radical (unpaired) electrons. The van der Waals surface area contributed by atoms with Crippen LogP contribution in [-0.4, -0.2) is 44.5 Å². The number of nitrogens with one attached hydrogen (secondary N) is 2. The zero-order chi connectivity index (χ0) is 20.5. The smallest absolute Gasteiger partial charge is 0.262 e. The first-order chi connectivity index (χ1) is 14.0. The van der Waals surface area contributed by atoms with Crippen molar-refractivity contribution in [1.29, 1.82) is 0 Å². The molecule has 1 atom stereocenters. The minimum Gasteiger partial charge on any atom is -0.366 e. The van der Waals surface area contributed by atoms with Crippen LogP contribution >= 0.6 is 0 Å². The summed E-state index contributed by atoms with van der Waals surface area (Å²) in [6.07, 6.45) is 1.81. The first kappa shape index (κ1) is 18.7. The summed E-state index contributed by atoms with van der Waals surface area (Å²) in [6, 6.07) is 5.66. The summed E-state index contributed by atoms with van der Waals surface area (Å²) < 4.78 is 0. The Morgan fingerprint density at radius 3 is 2.69 bits per heavy atom. The number of hydrogen-bond acceptors (Lipinski definition) is 8. The molecule has 3 heterocycles. The molecule has 4 rings (SSSR count). The van der Waals surface area contributed by atoms with E-state index in [0.717, 1.165) is 10.5 Å². The summed E-state index contributed by atoms with van der Waals surface area (Å²) in [5.41, 5.74) is 6.79.